The molecule has 0 saturated carbocycles. The van der Waals surface area contributed by atoms with E-state index in [0.29, 0.717) is 6.54 Å². The van der Waals surface area contributed by atoms with Crippen LogP contribution in [0.25, 0.3) is 0 Å². The van der Waals surface area contributed by atoms with Crippen molar-refractivity contribution in [1.29, 1.82) is 0 Å². The number of halogens is 1. The van der Waals surface area contributed by atoms with Gasteiger partial charge in [0.05, 0.1) is 23.8 Å². The highest BCUT2D eigenvalue weighted by Gasteiger charge is 2.06. The Labute approximate surface area is 184 Å². The number of hydrogen-bond acceptors (Lipinski definition) is 4. The molecule has 1 aromatic heterocycles. The first-order valence-electron chi connectivity index (χ1n) is 9.23. The predicted molar refractivity (Wildman–Crippen MR) is 127 cm³/mol. The number of nitrogens with one attached hydrogen (secondary N) is 2. The molecular weight excluding hydrogens is 469 g/mol. The van der Waals surface area contributed by atoms with Gasteiger partial charge >= 0.3 is 0 Å². The average Bonchev–Trinajstić information content (AvgIpc) is 2.95. The van der Waals surface area contributed by atoms with Gasteiger partial charge in [0, 0.05) is 18.0 Å². The first-order chi connectivity index (χ1) is 12.5. The van der Waals surface area contributed by atoms with Crippen LogP contribution in [0.2, 0.25) is 0 Å². The summed E-state index contributed by atoms with van der Waals surface area (Å²) >= 11 is 1.74. The number of guanidine groups is 1. The summed E-state index contributed by atoms with van der Waals surface area (Å²) in [6.45, 7) is 12.6. The maximum Gasteiger partial charge on any atom is 0.191 e. The highest BCUT2D eigenvalue weighted by atomic mass is 127. The van der Waals surface area contributed by atoms with Crippen LogP contribution in [0.4, 0.5) is 0 Å². The lowest BCUT2D eigenvalue weighted by molar-refractivity contribution is 0.345. The third-order valence-electron chi connectivity index (χ3n) is 4.16. The third-order valence-corrected chi connectivity index (χ3v) is 5.24. The van der Waals surface area contributed by atoms with Crippen molar-refractivity contribution in [3.8, 4) is 0 Å². The van der Waals surface area contributed by atoms with Crippen LogP contribution in [0.3, 0.4) is 0 Å². The molecule has 2 aromatic rings. The number of aliphatic imine (C=N–C) groups is 1. The van der Waals surface area contributed by atoms with Crippen molar-refractivity contribution in [1.82, 2.24) is 20.5 Å². The molecule has 2 rings (SSSR count). The van der Waals surface area contributed by atoms with Crippen LogP contribution in [0.1, 0.15) is 40.6 Å². The van der Waals surface area contributed by atoms with Crippen LogP contribution in [0, 0.1) is 13.8 Å². The van der Waals surface area contributed by atoms with Gasteiger partial charge in [0.2, 0.25) is 0 Å². The minimum absolute atomic E-state index is 0. The molecule has 0 spiro atoms. The molecule has 150 valence electrons. The summed E-state index contributed by atoms with van der Waals surface area (Å²) in [5.41, 5.74) is 3.66. The first-order valence-corrected chi connectivity index (χ1v) is 10.0. The Bertz CT molecular complexity index is 729. The van der Waals surface area contributed by atoms with E-state index in [-0.39, 0.29) is 24.0 Å². The Kier molecular flexibility index (Phi) is 10.9. The fourth-order valence-corrected chi connectivity index (χ4v) is 3.54. The lowest BCUT2D eigenvalue weighted by Crippen LogP contribution is -2.36. The number of benzene rings is 1. The smallest absolute Gasteiger partial charge is 0.191 e. The van der Waals surface area contributed by atoms with Crippen LogP contribution in [0.15, 0.2) is 29.3 Å². The third kappa shape index (κ3) is 8.15. The molecule has 0 aliphatic carbocycles. The summed E-state index contributed by atoms with van der Waals surface area (Å²) in [7, 11) is 2.14. The van der Waals surface area contributed by atoms with E-state index in [0.717, 1.165) is 42.8 Å². The Balaban J connectivity index is 0.00000364. The molecule has 0 unspecified atom stereocenters. The summed E-state index contributed by atoms with van der Waals surface area (Å²) in [5, 5.41) is 7.85. The summed E-state index contributed by atoms with van der Waals surface area (Å²) in [6.07, 6.45) is 0. The number of nitrogens with zero attached hydrogens (tertiary/aromatic N) is 3. The molecule has 0 radical (unpaired) electrons. The molecule has 0 saturated heterocycles. The topological polar surface area (TPSA) is 52.6 Å². The van der Waals surface area contributed by atoms with Gasteiger partial charge in [-0.2, -0.15) is 0 Å². The minimum Gasteiger partial charge on any atom is -0.357 e. The van der Waals surface area contributed by atoms with Gasteiger partial charge in [-0.1, -0.05) is 31.2 Å². The lowest BCUT2D eigenvalue weighted by atomic mass is 10.1. The molecule has 2 N–H and O–H groups in total. The average molecular weight is 501 g/mol. The van der Waals surface area contributed by atoms with Crippen molar-refractivity contribution in [2.75, 3.05) is 20.1 Å². The van der Waals surface area contributed by atoms with Crippen LogP contribution < -0.4 is 10.6 Å². The van der Waals surface area contributed by atoms with Crippen LogP contribution >= 0.6 is 35.3 Å². The van der Waals surface area contributed by atoms with E-state index in [9.17, 15) is 0 Å². The largest absolute Gasteiger partial charge is 0.357 e. The van der Waals surface area contributed by atoms with E-state index in [4.69, 9.17) is 4.99 Å². The van der Waals surface area contributed by atoms with E-state index in [2.05, 4.69) is 72.6 Å². The van der Waals surface area contributed by atoms with Crippen molar-refractivity contribution in [3.05, 3.63) is 51.0 Å². The Morgan fingerprint density at radius 3 is 2.56 bits per heavy atom. The summed E-state index contributed by atoms with van der Waals surface area (Å²) in [4.78, 5) is 12.8. The maximum absolute atomic E-state index is 4.74. The number of aryl methyl sites for hydroxylation is 2. The molecule has 0 fully saturated rings. The highest BCUT2D eigenvalue weighted by molar-refractivity contribution is 14.0. The molecule has 7 heteroatoms. The Hall–Kier alpha value is -1.19. The normalized spacial score (nSPS) is 11.4. The summed E-state index contributed by atoms with van der Waals surface area (Å²) < 4.78 is 0. The molecule has 1 heterocycles. The zero-order valence-electron chi connectivity index (χ0n) is 17.0. The second-order valence-electron chi connectivity index (χ2n) is 6.44. The Morgan fingerprint density at radius 1 is 1.19 bits per heavy atom. The number of aromatic nitrogens is 1. The van der Waals surface area contributed by atoms with Crippen molar-refractivity contribution < 1.29 is 0 Å². The van der Waals surface area contributed by atoms with Crippen molar-refractivity contribution >= 4 is 41.3 Å². The quantitative estimate of drug-likeness (QED) is 0.325. The number of hydrogen-bond donors (Lipinski definition) is 2. The van der Waals surface area contributed by atoms with Crippen LogP contribution in [0.5, 0.6) is 0 Å². The summed E-state index contributed by atoms with van der Waals surface area (Å²) in [6, 6.07) is 8.68. The van der Waals surface area contributed by atoms with Gasteiger partial charge in [0.1, 0.15) is 0 Å². The standard InChI is InChI=1S/C20H31N5S.HI/c1-6-21-20(23-13-19-15(3)24-16(4)26-19)22-12-17-9-8-10-18(11-17)14-25(5)7-2;/h8-11H,6-7,12-14H2,1-5H3,(H2,21,22,23);1H. The molecule has 0 amide bonds. The van der Waals surface area contributed by atoms with Gasteiger partial charge < -0.3 is 15.5 Å². The number of rotatable bonds is 8. The molecular formula is C20H32IN5S. The molecule has 0 bridgehead atoms. The van der Waals surface area contributed by atoms with Crippen LogP contribution in [-0.4, -0.2) is 36.0 Å². The van der Waals surface area contributed by atoms with Crippen molar-refractivity contribution in [2.24, 2.45) is 4.99 Å². The second-order valence-corrected chi connectivity index (χ2v) is 7.73. The van der Waals surface area contributed by atoms with Crippen molar-refractivity contribution in [3.63, 3.8) is 0 Å². The van der Waals surface area contributed by atoms with Crippen LogP contribution in [-0.2, 0) is 19.6 Å². The fourth-order valence-electron chi connectivity index (χ4n) is 2.66. The molecule has 27 heavy (non-hydrogen) atoms. The lowest BCUT2D eigenvalue weighted by Gasteiger charge is -2.14. The molecule has 0 aliphatic heterocycles. The monoisotopic (exact) mass is 501 g/mol. The predicted octanol–water partition coefficient (Wildman–Crippen LogP) is 4.08. The fraction of sp³-hybridized carbons (Fsp3) is 0.500. The second kappa shape index (κ2) is 12.3. The zero-order chi connectivity index (χ0) is 18.9. The number of thiazole rings is 1. The van der Waals surface area contributed by atoms with E-state index in [1.165, 1.54) is 16.0 Å². The Morgan fingerprint density at radius 2 is 1.93 bits per heavy atom. The van der Waals surface area contributed by atoms with E-state index < -0.39 is 0 Å². The molecule has 5 nitrogen and oxygen atoms in total. The van der Waals surface area contributed by atoms with Gasteiger partial charge in [0.25, 0.3) is 0 Å². The molecule has 0 atom stereocenters. The van der Waals surface area contributed by atoms with Gasteiger partial charge in [-0.3, -0.25) is 0 Å². The van der Waals surface area contributed by atoms with E-state index in [1.807, 2.05) is 6.92 Å². The summed E-state index contributed by atoms with van der Waals surface area (Å²) in [5.74, 6) is 0.842. The minimum atomic E-state index is 0. The maximum atomic E-state index is 4.74. The van der Waals surface area contributed by atoms with Gasteiger partial charge in [0.15, 0.2) is 5.96 Å². The highest BCUT2D eigenvalue weighted by Crippen LogP contribution is 2.16. The van der Waals surface area contributed by atoms with E-state index in [1.54, 1.807) is 11.3 Å². The van der Waals surface area contributed by atoms with Gasteiger partial charge in [-0.15, -0.1) is 35.3 Å². The molecule has 0 aliphatic rings. The molecule has 1 aromatic carbocycles. The van der Waals surface area contributed by atoms with E-state index >= 15 is 0 Å². The first kappa shape index (κ1) is 23.8. The van der Waals surface area contributed by atoms with Crippen molar-refractivity contribution in [2.45, 2.75) is 47.3 Å². The van der Waals surface area contributed by atoms with Gasteiger partial charge in [-0.05, 0) is 45.5 Å². The SMILES string of the molecule is CCNC(=NCc1cccc(CN(C)CC)c1)NCc1sc(C)nc1C.I. The van der Waals surface area contributed by atoms with Gasteiger partial charge in [-0.25, -0.2) is 9.98 Å². The zero-order valence-corrected chi connectivity index (χ0v) is 20.1.